The number of thioether (sulfide) groups is 1. The van der Waals surface area contributed by atoms with Crippen molar-refractivity contribution in [1.29, 1.82) is 0 Å². The predicted molar refractivity (Wildman–Crippen MR) is 97.3 cm³/mol. The molecule has 6 heteroatoms. The lowest BCUT2D eigenvalue weighted by Crippen LogP contribution is -2.43. The number of fused-ring (bicyclic) bond motifs is 3. The van der Waals surface area contributed by atoms with E-state index in [1.54, 1.807) is 17.7 Å². The molecule has 2 aromatic heterocycles. The molecule has 1 aliphatic rings. The Balaban J connectivity index is 1.78. The van der Waals surface area contributed by atoms with Gasteiger partial charge in [0.25, 0.3) is 0 Å². The Bertz CT molecular complexity index is 724. The smallest absolute Gasteiger partial charge is 0.230 e. The van der Waals surface area contributed by atoms with Crippen molar-refractivity contribution in [2.24, 2.45) is 0 Å². The molecule has 0 saturated heterocycles. The Kier molecular flexibility index (Phi) is 4.92. The molecule has 0 atom stereocenters. The third-order valence-electron chi connectivity index (χ3n) is 4.42. The highest BCUT2D eigenvalue weighted by atomic mass is 32.2. The molecule has 2 heterocycles. The fourth-order valence-corrected chi connectivity index (χ4v) is 4.93. The molecule has 0 spiro atoms. The summed E-state index contributed by atoms with van der Waals surface area (Å²) in [6.07, 6.45) is 7.32. The minimum absolute atomic E-state index is 0.0673. The molecule has 2 aromatic rings. The Morgan fingerprint density at radius 1 is 1.35 bits per heavy atom. The van der Waals surface area contributed by atoms with Gasteiger partial charge in [0, 0.05) is 15.8 Å². The first-order valence-electron chi connectivity index (χ1n) is 8.19. The maximum atomic E-state index is 12.2. The lowest BCUT2D eigenvalue weighted by Gasteiger charge is -2.24. The van der Waals surface area contributed by atoms with E-state index in [0.29, 0.717) is 5.75 Å². The number of hydrogen-bond acceptors (Lipinski definition) is 5. The van der Waals surface area contributed by atoms with E-state index in [1.165, 1.54) is 40.4 Å². The number of amides is 1. The van der Waals surface area contributed by atoms with Crippen molar-refractivity contribution in [3.63, 3.8) is 0 Å². The number of carbonyl (C=O) groups excluding carboxylic acids is 1. The molecule has 3 rings (SSSR count). The van der Waals surface area contributed by atoms with Crippen molar-refractivity contribution in [2.75, 3.05) is 5.75 Å². The summed E-state index contributed by atoms with van der Waals surface area (Å²) in [4.78, 5) is 23.6. The molecule has 1 N–H and O–H groups in total. The lowest BCUT2D eigenvalue weighted by atomic mass is 9.97. The van der Waals surface area contributed by atoms with Crippen molar-refractivity contribution in [3.05, 3.63) is 16.8 Å². The number of thiophene rings is 1. The number of nitrogens with one attached hydrogen (secondary N) is 1. The van der Waals surface area contributed by atoms with Gasteiger partial charge in [0.1, 0.15) is 16.2 Å². The van der Waals surface area contributed by atoms with Crippen LogP contribution >= 0.6 is 23.1 Å². The van der Waals surface area contributed by atoms with Crippen LogP contribution in [0.3, 0.4) is 0 Å². The molecule has 1 aliphatic carbocycles. The van der Waals surface area contributed by atoms with Crippen LogP contribution in [0, 0.1) is 0 Å². The van der Waals surface area contributed by atoms with Gasteiger partial charge in [0.15, 0.2) is 0 Å². The van der Waals surface area contributed by atoms with Crippen molar-refractivity contribution in [1.82, 2.24) is 15.3 Å². The molecule has 0 aliphatic heterocycles. The van der Waals surface area contributed by atoms with Gasteiger partial charge in [-0.15, -0.1) is 11.3 Å². The number of aryl methyl sites for hydroxylation is 2. The average molecular weight is 350 g/mol. The summed E-state index contributed by atoms with van der Waals surface area (Å²) >= 11 is 3.33. The topological polar surface area (TPSA) is 54.9 Å². The minimum Gasteiger partial charge on any atom is -0.351 e. The van der Waals surface area contributed by atoms with Crippen molar-refractivity contribution < 1.29 is 4.79 Å². The molecule has 1 amide bonds. The second-order valence-electron chi connectivity index (χ2n) is 6.64. The SMILES string of the molecule is CCC(C)(C)NC(=O)CSc1ncnc2sc3c(c12)CCCC3. The van der Waals surface area contributed by atoms with E-state index < -0.39 is 0 Å². The average Bonchev–Trinajstić information content (AvgIpc) is 2.91. The standard InChI is InChI=1S/C17H23N3OS2/c1-4-17(2,3)20-13(21)9-22-15-14-11-7-5-6-8-12(11)23-16(14)19-10-18-15/h10H,4-9H2,1-3H3,(H,20,21). The third kappa shape index (κ3) is 3.69. The lowest BCUT2D eigenvalue weighted by molar-refractivity contribution is -0.120. The molecule has 124 valence electrons. The quantitative estimate of drug-likeness (QED) is 0.655. The van der Waals surface area contributed by atoms with Gasteiger partial charge >= 0.3 is 0 Å². The first kappa shape index (κ1) is 16.7. The number of rotatable bonds is 5. The highest BCUT2D eigenvalue weighted by Crippen LogP contribution is 2.39. The first-order valence-corrected chi connectivity index (χ1v) is 9.99. The number of carbonyl (C=O) groups is 1. The van der Waals surface area contributed by atoms with E-state index in [2.05, 4.69) is 22.2 Å². The number of nitrogens with zero attached hydrogens (tertiary/aromatic N) is 2. The summed E-state index contributed by atoms with van der Waals surface area (Å²) < 4.78 is 0. The van der Waals surface area contributed by atoms with Crippen molar-refractivity contribution in [2.45, 2.75) is 63.4 Å². The maximum Gasteiger partial charge on any atom is 0.230 e. The Morgan fingerprint density at radius 3 is 2.91 bits per heavy atom. The highest BCUT2D eigenvalue weighted by Gasteiger charge is 2.21. The maximum absolute atomic E-state index is 12.2. The van der Waals surface area contributed by atoms with E-state index in [9.17, 15) is 4.79 Å². The molecular weight excluding hydrogens is 326 g/mol. The van der Waals surface area contributed by atoms with Crippen LogP contribution in [-0.4, -0.2) is 27.2 Å². The van der Waals surface area contributed by atoms with Gasteiger partial charge in [-0.2, -0.15) is 0 Å². The fraction of sp³-hybridized carbons (Fsp3) is 0.588. The van der Waals surface area contributed by atoms with Crippen LogP contribution in [0.25, 0.3) is 10.2 Å². The Morgan fingerprint density at radius 2 is 2.13 bits per heavy atom. The highest BCUT2D eigenvalue weighted by molar-refractivity contribution is 8.00. The van der Waals surface area contributed by atoms with E-state index >= 15 is 0 Å². The first-order chi connectivity index (χ1) is 11.0. The summed E-state index contributed by atoms with van der Waals surface area (Å²) in [7, 11) is 0. The van der Waals surface area contributed by atoms with Crippen LogP contribution < -0.4 is 5.32 Å². The van der Waals surface area contributed by atoms with E-state index in [-0.39, 0.29) is 11.4 Å². The van der Waals surface area contributed by atoms with Gasteiger partial charge < -0.3 is 5.32 Å². The molecule has 0 bridgehead atoms. The van der Waals surface area contributed by atoms with Crippen molar-refractivity contribution >= 4 is 39.2 Å². The molecule has 0 unspecified atom stereocenters. The Hall–Kier alpha value is -1.14. The summed E-state index contributed by atoms with van der Waals surface area (Å²) in [6, 6.07) is 0. The van der Waals surface area contributed by atoms with Gasteiger partial charge in [-0.1, -0.05) is 18.7 Å². The zero-order valence-electron chi connectivity index (χ0n) is 13.9. The fourth-order valence-electron chi connectivity index (χ4n) is 2.81. The summed E-state index contributed by atoms with van der Waals surface area (Å²) in [5, 5.41) is 5.23. The van der Waals surface area contributed by atoms with Crippen LogP contribution in [0.5, 0.6) is 0 Å². The Labute approximate surface area is 145 Å². The summed E-state index contributed by atoms with van der Waals surface area (Å²) in [5.41, 5.74) is 1.27. The van der Waals surface area contributed by atoms with E-state index in [0.717, 1.165) is 29.1 Å². The molecule has 0 aromatic carbocycles. The van der Waals surface area contributed by atoms with E-state index in [1.807, 2.05) is 13.8 Å². The van der Waals surface area contributed by atoms with Gasteiger partial charge in [0.05, 0.1) is 5.75 Å². The largest absolute Gasteiger partial charge is 0.351 e. The van der Waals surface area contributed by atoms with Crippen LogP contribution in [0.2, 0.25) is 0 Å². The van der Waals surface area contributed by atoms with Crippen LogP contribution in [0.1, 0.15) is 50.5 Å². The van der Waals surface area contributed by atoms with Gasteiger partial charge in [-0.25, -0.2) is 9.97 Å². The molecule has 0 radical (unpaired) electrons. The molecular formula is C17H23N3OS2. The van der Waals surface area contributed by atoms with Crippen LogP contribution in [0.4, 0.5) is 0 Å². The third-order valence-corrected chi connectivity index (χ3v) is 6.61. The normalized spacial score (nSPS) is 14.7. The molecule has 0 fully saturated rings. The van der Waals surface area contributed by atoms with Gasteiger partial charge in [-0.05, 0) is 51.5 Å². The summed E-state index contributed by atoms with van der Waals surface area (Å²) in [6.45, 7) is 6.18. The monoisotopic (exact) mass is 349 g/mol. The second-order valence-corrected chi connectivity index (χ2v) is 8.69. The molecule has 23 heavy (non-hydrogen) atoms. The van der Waals surface area contributed by atoms with Crippen LogP contribution in [0.15, 0.2) is 11.4 Å². The van der Waals surface area contributed by atoms with Gasteiger partial charge in [0.2, 0.25) is 5.91 Å². The van der Waals surface area contributed by atoms with Crippen LogP contribution in [-0.2, 0) is 17.6 Å². The minimum atomic E-state index is -0.153. The predicted octanol–water partition coefficient (Wildman–Crippen LogP) is 3.97. The van der Waals surface area contributed by atoms with Gasteiger partial charge in [-0.3, -0.25) is 4.79 Å². The van der Waals surface area contributed by atoms with Crippen molar-refractivity contribution in [3.8, 4) is 0 Å². The number of aromatic nitrogens is 2. The molecule has 0 saturated carbocycles. The molecule has 4 nitrogen and oxygen atoms in total. The second kappa shape index (κ2) is 6.77. The number of hydrogen-bond donors (Lipinski definition) is 1. The zero-order valence-corrected chi connectivity index (χ0v) is 15.6. The summed E-state index contributed by atoms with van der Waals surface area (Å²) in [5.74, 6) is 0.470. The van der Waals surface area contributed by atoms with E-state index in [4.69, 9.17) is 0 Å². The zero-order chi connectivity index (χ0) is 16.4.